The summed E-state index contributed by atoms with van der Waals surface area (Å²) in [6.07, 6.45) is 0. The molecule has 27 heavy (non-hydrogen) atoms. The molecule has 0 unspecified atom stereocenters. The van der Waals surface area contributed by atoms with Crippen molar-refractivity contribution in [1.82, 2.24) is 14.8 Å². The molecule has 0 atom stereocenters. The summed E-state index contributed by atoms with van der Waals surface area (Å²) in [4.78, 5) is 12.3. The van der Waals surface area contributed by atoms with Crippen molar-refractivity contribution in [3.63, 3.8) is 0 Å². The van der Waals surface area contributed by atoms with Gasteiger partial charge in [0, 0.05) is 17.3 Å². The Kier molecular flexibility index (Phi) is 6.03. The van der Waals surface area contributed by atoms with Gasteiger partial charge in [0.15, 0.2) is 11.0 Å². The Morgan fingerprint density at radius 3 is 2.74 bits per heavy atom. The number of para-hydroxylation sites is 1. The number of nitrogens with zero attached hydrogens (tertiary/aromatic N) is 3. The van der Waals surface area contributed by atoms with Gasteiger partial charge in [-0.1, -0.05) is 35.5 Å². The van der Waals surface area contributed by atoms with E-state index in [0.29, 0.717) is 33.8 Å². The van der Waals surface area contributed by atoms with Crippen molar-refractivity contribution in [2.75, 3.05) is 11.1 Å². The zero-order valence-electron chi connectivity index (χ0n) is 14.9. The molecule has 0 radical (unpaired) electrons. The number of amides is 1. The minimum Gasteiger partial charge on any atom is -0.507 e. The molecule has 2 N–H and O–H groups in total. The normalized spacial score (nSPS) is 10.8. The molecule has 0 aliphatic carbocycles. The topological polar surface area (TPSA) is 80.0 Å². The van der Waals surface area contributed by atoms with Crippen molar-refractivity contribution in [3.05, 3.63) is 53.1 Å². The van der Waals surface area contributed by atoms with Crippen LogP contribution in [0.25, 0.3) is 11.4 Å². The molecule has 1 heterocycles. The van der Waals surface area contributed by atoms with E-state index < -0.39 is 0 Å². The van der Waals surface area contributed by atoms with Gasteiger partial charge in [-0.15, -0.1) is 10.2 Å². The van der Waals surface area contributed by atoms with Crippen LogP contribution < -0.4 is 5.32 Å². The van der Waals surface area contributed by atoms with E-state index in [1.165, 1.54) is 11.8 Å². The molecule has 0 bridgehead atoms. The second kappa shape index (κ2) is 8.45. The number of thioether (sulfide) groups is 1. The van der Waals surface area contributed by atoms with E-state index in [1.807, 2.05) is 30.5 Å². The quantitative estimate of drug-likeness (QED) is 0.598. The minimum atomic E-state index is -0.142. The first-order chi connectivity index (χ1) is 13.0. The summed E-state index contributed by atoms with van der Waals surface area (Å²) in [6, 6.07) is 12.3. The van der Waals surface area contributed by atoms with Crippen molar-refractivity contribution in [2.45, 2.75) is 25.5 Å². The number of hydrogen-bond acceptors (Lipinski definition) is 5. The number of aromatic hydroxyl groups is 1. The standard InChI is InChI=1S/C19H19ClN4O2S/c1-3-24-18(14-6-4-5-7-16(14)25)22-23-19(24)27-11-17(26)21-13-8-9-15(20)12(2)10-13/h4-10,25H,3,11H2,1-2H3,(H,21,26). The van der Waals surface area contributed by atoms with Gasteiger partial charge in [-0.3, -0.25) is 4.79 Å². The molecule has 2 aromatic carbocycles. The van der Waals surface area contributed by atoms with Crippen LogP contribution in [-0.2, 0) is 11.3 Å². The van der Waals surface area contributed by atoms with E-state index in [-0.39, 0.29) is 17.4 Å². The second-order valence-corrected chi connectivity index (χ2v) is 7.22. The smallest absolute Gasteiger partial charge is 0.234 e. The van der Waals surface area contributed by atoms with Gasteiger partial charge in [-0.2, -0.15) is 0 Å². The number of phenols is 1. The summed E-state index contributed by atoms with van der Waals surface area (Å²) >= 11 is 7.30. The van der Waals surface area contributed by atoms with Crippen molar-refractivity contribution in [2.24, 2.45) is 0 Å². The minimum absolute atomic E-state index is 0.142. The van der Waals surface area contributed by atoms with Gasteiger partial charge in [-0.25, -0.2) is 0 Å². The van der Waals surface area contributed by atoms with Crippen LogP contribution in [0.15, 0.2) is 47.6 Å². The first-order valence-electron chi connectivity index (χ1n) is 8.40. The highest BCUT2D eigenvalue weighted by Gasteiger charge is 2.16. The summed E-state index contributed by atoms with van der Waals surface area (Å²) < 4.78 is 1.87. The predicted molar refractivity (Wildman–Crippen MR) is 108 cm³/mol. The van der Waals surface area contributed by atoms with Crippen molar-refractivity contribution in [1.29, 1.82) is 0 Å². The van der Waals surface area contributed by atoms with E-state index in [2.05, 4.69) is 15.5 Å². The van der Waals surface area contributed by atoms with Crippen LogP contribution in [0.5, 0.6) is 5.75 Å². The van der Waals surface area contributed by atoms with E-state index in [9.17, 15) is 9.90 Å². The Labute approximate surface area is 166 Å². The van der Waals surface area contributed by atoms with Gasteiger partial charge >= 0.3 is 0 Å². The fraction of sp³-hybridized carbons (Fsp3) is 0.211. The van der Waals surface area contributed by atoms with E-state index in [1.54, 1.807) is 30.3 Å². The molecule has 0 aliphatic heterocycles. The van der Waals surface area contributed by atoms with Crippen LogP contribution in [0.4, 0.5) is 5.69 Å². The van der Waals surface area contributed by atoms with Gasteiger partial charge < -0.3 is 15.0 Å². The third-order valence-corrected chi connectivity index (χ3v) is 5.34. The lowest BCUT2D eigenvalue weighted by Crippen LogP contribution is -2.14. The molecule has 0 saturated carbocycles. The number of carbonyl (C=O) groups excluding carboxylic acids is 1. The summed E-state index contributed by atoms with van der Waals surface area (Å²) in [5.74, 6) is 0.774. The number of carbonyl (C=O) groups is 1. The number of phenolic OH excluding ortho intramolecular Hbond substituents is 1. The molecule has 0 aliphatic rings. The second-order valence-electron chi connectivity index (χ2n) is 5.87. The van der Waals surface area contributed by atoms with Crippen LogP contribution >= 0.6 is 23.4 Å². The van der Waals surface area contributed by atoms with Crippen LogP contribution in [-0.4, -0.2) is 31.5 Å². The van der Waals surface area contributed by atoms with E-state index in [4.69, 9.17) is 11.6 Å². The molecule has 8 heteroatoms. The maximum Gasteiger partial charge on any atom is 0.234 e. The molecule has 1 aromatic heterocycles. The molecule has 3 aromatic rings. The Morgan fingerprint density at radius 2 is 2.04 bits per heavy atom. The fourth-order valence-corrected chi connectivity index (χ4v) is 3.51. The molecule has 0 saturated heterocycles. The number of anilines is 1. The van der Waals surface area contributed by atoms with E-state index >= 15 is 0 Å². The molecule has 6 nitrogen and oxygen atoms in total. The van der Waals surface area contributed by atoms with Gasteiger partial charge in [0.1, 0.15) is 5.75 Å². The SMILES string of the molecule is CCn1c(SCC(=O)Nc2ccc(Cl)c(C)c2)nnc1-c1ccccc1O. The third kappa shape index (κ3) is 4.43. The van der Waals surface area contributed by atoms with Crippen LogP contribution in [0, 0.1) is 6.92 Å². The number of rotatable bonds is 6. The average Bonchev–Trinajstić information content (AvgIpc) is 3.06. The van der Waals surface area contributed by atoms with Crippen LogP contribution in [0.2, 0.25) is 5.02 Å². The number of aryl methyl sites for hydroxylation is 1. The highest BCUT2D eigenvalue weighted by atomic mass is 35.5. The third-order valence-electron chi connectivity index (χ3n) is 3.95. The Bertz CT molecular complexity index is 974. The summed E-state index contributed by atoms with van der Waals surface area (Å²) in [5.41, 5.74) is 2.22. The van der Waals surface area contributed by atoms with Crippen LogP contribution in [0.1, 0.15) is 12.5 Å². The van der Waals surface area contributed by atoms with Gasteiger partial charge in [-0.05, 0) is 49.7 Å². The summed E-state index contributed by atoms with van der Waals surface area (Å²) in [5, 5.41) is 22.6. The van der Waals surface area contributed by atoms with Gasteiger partial charge in [0.25, 0.3) is 0 Å². The zero-order valence-corrected chi connectivity index (χ0v) is 16.5. The molecule has 1 amide bonds. The maximum absolute atomic E-state index is 12.3. The lowest BCUT2D eigenvalue weighted by molar-refractivity contribution is -0.113. The average molecular weight is 403 g/mol. The lowest BCUT2D eigenvalue weighted by atomic mass is 10.2. The molecular formula is C19H19ClN4O2S. The summed E-state index contributed by atoms with van der Waals surface area (Å²) in [6.45, 7) is 4.47. The Balaban J connectivity index is 1.70. The molecular weight excluding hydrogens is 384 g/mol. The largest absolute Gasteiger partial charge is 0.507 e. The van der Waals surface area contributed by atoms with Crippen molar-refractivity contribution < 1.29 is 9.90 Å². The highest BCUT2D eigenvalue weighted by molar-refractivity contribution is 7.99. The van der Waals surface area contributed by atoms with Crippen molar-refractivity contribution in [3.8, 4) is 17.1 Å². The number of benzene rings is 2. The van der Waals surface area contributed by atoms with Gasteiger partial charge in [0.2, 0.25) is 5.91 Å². The number of nitrogens with one attached hydrogen (secondary N) is 1. The highest BCUT2D eigenvalue weighted by Crippen LogP contribution is 2.30. The van der Waals surface area contributed by atoms with E-state index in [0.717, 1.165) is 5.56 Å². The molecule has 0 fully saturated rings. The lowest BCUT2D eigenvalue weighted by Gasteiger charge is -2.09. The number of aromatic nitrogens is 3. The molecule has 3 rings (SSSR count). The number of hydrogen-bond donors (Lipinski definition) is 2. The first kappa shape index (κ1) is 19.3. The first-order valence-corrected chi connectivity index (χ1v) is 9.76. The summed E-state index contributed by atoms with van der Waals surface area (Å²) in [7, 11) is 0. The van der Waals surface area contributed by atoms with Crippen LogP contribution in [0.3, 0.4) is 0 Å². The Hall–Kier alpha value is -2.51. The predicted octanol–water partition coefficient (Wildman–Crippen LogP) is 4.36. The molecule has 0 spiro atoms. The fourth-order valence-electron chi connectivity index (χ4n) is 2.59. The number of halogens is 1. The zero-order chi connectivity index (χ0) is 19.4. The molecule has 140 valence electrons. The Morgan fingerprint density at radius 1 is 1.26 bits per heavy atom. The maximum atomic E-state index is 12.3. The monoisotopic (exact) mass is 402 g/mol. The van der Waals surface area contributed by atoms with Crippen molar-refractivity contribution >= 4 is 35.0 Å². The van der Waals surface area contributed by atoms with Gasteiger partial charge in [0.05, 0.1) is 11.3 Å².